The van der Waals surface area contributed by atoms with Gasteiger partial charge in [-0.05, 0) is 6.92 Å². The van der Waals surface area contributed by atoms with Gasteiger partial charge in [-0.25, -0.2) is 4.99 Å². The molecule has 0 aliphatic rings. The van der Waals surface area contributed by atoms with Crippen molar-refractivity contribution in [3.05, 3.63) is 11.8 Å². The number of nitrogens with two attached hydrogens (primary N) is 1. The molecule has 2 nitrogen and oxygen atoms in total. The van der Waals surface area contributed by atoms with Gasteiger partial charge in [0.25, 0.3) is 5.71 Å². The smallest absolute Gasteiger partial charge is 0.404 e. The average molecular weight is 167 g/mol. The quantitative estimate of drug-likeness (QED) is 0.511. The van der Waals surface area contributed by atoms with E-state index in [9.17, 15) is 13.2 Å². The van der Waals surface area contributed by atoms with Gasteiger partial charge in [-0.15, -0.1) is 0 Å². The summed E-state index contributed by atoms with van der Waals surface area (Å²) in [7, 11) is 1.20. The van der Waals surface area contributed by atoms with Gasteiger partial charge in [-0.3, -0.25) is 0 Å². The molecule has 5 heteroatoms. The molecule has 0 aliphatic carbocycles. The lowest BCUT2D eigenvalue weighted by Gasteiger charge is -2.03. The van der Waals surface area contributed by atoms with Crippen LogP contribution in [0.4, 0.5) is 13.2 Å². The largest absolute Gasteiger partial charge is 0.477 e. The minimum absolute atomic E-state index is 0.0139. The third kappa shape index (κ3) is 2.61. The second kappa shape index (κ2) is 3.41. The highest BCUT2D eigenvalue weighted by atomic mass is 19.4. The van der Waals surface area contributed by atoms with Gasteiger partial charge in [0, 0.05) is 11.8 Å². The van der Waals surface area contributed by atoms with Crippen molar-refractivity contribution in [1.82, 2.24) is 0 Å². The summed E-state index contributed by atoms with van der Waals surface area (Å²) in [5.74, 6) is 0. The molecule has 11 heavy (non-hydrogen) atoms. The van der Waals surface area contributed by atoms with Gasteiger partial charge < -0.3 is 5.73 Å². The fourth-order valence-corrected chi connectivity index (χ4v) is 0.646. The molecule has 0 unspecified atom stereocenters. The summed E-state index contributed by atoms with van der Waals surface area (Å²) in [6.45, 7) is 1.29. The molecule has 64 valence electrons. The molecule has 3 N–H and O–H groups in total. The molecule has 0 atom stereocenters. The normalized spacial score (nSPS) is 15.4. The summed E-state index contributed by atoms with van der Waals surface area (Å²) in [6, 6.07) is 0. The highest BCUT2D eigenvalue weighted by Gasteiger charge is 2.41. The predicted molar refractivity (Wildman–Crippen MR) is 35.9 cm³/mol. The average Bonchev–Trinajstić information content (AvgIpc) is 1.86. The van der Waals surface area contributed by atoms with Gasteiger partial charge in [0.15, 0.2) is 0 Å². The third-order valence-electron chi connectivity index (χ3n) is 1.18. The Morgan fingerprint density at radius 2 is 1.91 bits per heavy atom. The van der Waals surface area contributed by atoms with Gasteiger partial charge in [-0.1, -0.05) is 0 Å². The molecule has 0 aliphatic heterocycles. The Hall–Kier alpha value is -1.00. The van der Waals surface area contributed by atoms with E-state index in [-0.39, 0.29) is 5.57 Å². The van der Waals surface area contributed by atoms with Crippen LogP contribution < -0.4 is 10.7 Å². The van der Waals surface area contributed by atoms with Crippen molar-refractivity contribution in [3.8, 4) is 0 Å². The van der Waals surface area contributed by atoms with Crippen LogP contribution in [0.2, 0.25) is 0 Å². The molecule has 0 saturated carbocycles. The predicted octanol–water partition coefficient (Wildman–Crippen LogP) is -0.437. The van der Waals surface area contributed by atoms with Gasteiger partial charge >= 0.3 is 6.18 Å². The van der Waals surface area contributed by atoms with E-state index < -0.39 is 11.9 Å². The summed E-state index contributed by atoms with van der Waals surface area (Å²) in [5.41, 5.74) is 4.10. The SMILES string of the molecule is C[NH+]=C(C(C)=CN)C(F)(F)F. The minimum Gasteiger partial charge on any atom is -0.404 e. The van der Waals surface area contributed by atoms with Crippen molar-refractivity contribution in [2.45, 2.75) is 13.1 Å². The fourth-order valence-electron chi connectivity index (χ4n) is 0.646. The first-order chi connectivity index (χ1) is 4.93. The summed E-state index contributed by atoms with van der Waals surface area (Å²) >= 11 is 0. The number of alkyl halides is 3. The molecule has 0 heterocycles. The van der Waals surface area contributed by atoms with E-state index in [2.05, 4.69) is 0 Å². The third-order valence-corrected chi connectivity index (χ3v) is 1.18. The lowest BCUT2D eigenvalue weighted by molar-refractivity contribution is -0.430. The van der Waals surface area contributed by atoms with E-state index in [0.29, 0.717) is 0 Å². The van der Waals surface area contributed by atoms with E-state index in [4.69, 9.17) is 5.73 Å². The highest BCUT2D eigenvalue weighted by Crippen LogP contribution is 2.18. The van der Waals surface area contributed by atoms with Crippen LogP contribution in [0.15, 0.2) is 11.8 Å². The number of rotatable bonds is 1. The number of halogens is 3. The Morgan fingerprint density at radius 1 is 1.45 bits per heavy atom. The Balaban J connectivity index is 4.73. The van der Waals surface area contributed by atoms with Crippen molar-refractivity contribution in [2.75, 3.05) is 7.05 Å². The summed E-state index contributed by atoms with van der Waals surface area (Å²) in [6.07, 6.45) is -3.44. The molecule has 0 aromatic rings. The molecule has 0 rings (SSSR count). The van der Waals surface area contributed by atoms with E-state index >= 15 is 0 Å². The van der Waals surface area contributed by atoms with Crippen LogP contribution in [0.1, 0.15) is 6.92 Å². The van der Waals surface area contributed by atoms with Gasteiger partial charge in [-0.2, -0.15) is 13.2 Å². The maximum absolute atomic E-state index is 12.0. The van der Waals surface area contributed by atoms with Crippen LogP contribution in [0.5, 0.6) is 0 Å². The zero-order chi connectivity index (χ0) is 9.07. The van der Waals surface area contributed by atoms with E-state index in [1.807, 2.05) is 4.99 Å². The monoisotopic (exact) mass is 167 g/mol. The molecular weight excluding hydrogens is 157 g/mol. The van der Waals surface area contributed by atoms with Crippen LogP contribution in [0.3, 0.4) is 0 Å². The Morgan fingerprint density at radius 3 is 2.00 bits per heavy atom. The molecule has 0 bridgehead atoms. The molecule has 0 spiro atoms. The highest BCUT2D eigenvalue weighted by molar-refractivity contribution is 5.99. The van der Waals surface area contributed by atoms with Gasteiger partial charge in [0.2, 0.25) is 0 Å². The molecule has 0 aromatic heterocycles. The van der Waals surface area contributed by atoms with Crippen LogP contribution in [0.25, 0.3) is 0 Å². The van der Waals surface area contributed by atoms with Crippen LogP contribution >= 0.6 is 0 Å². The Kier molecular flexibility index (Phi) is 3.10. The Labute approximate surface area is 62.6 Å². The summed E-state index contributed by atoms with van der Waals surface area (Å²) in [5, 5.41) is 0. The molecule has 0 fully saturated rings. The van der Waals surface area contributed by atoms with Crippen LogP contribution in [0, 0.1) is 0 Å². The lowest BCUT2D eigenvalue weighted by atomic mass is 10.2. The topological polar surface area (TPSA) is 40.0 Å². The first-order valence-corrected chi connectivity index (χ1v) is 2.94. The zero-order valence-corrected chi connectivity index (χ0v) is 6.29. The maximum atomic E-state index is 12.0. The molecule has 0 amide bonds. The van der Waals surface area contributed by atoms with E-state index in [0.717, 1.165) is 6.20 Å². The maximum Gasteiger partial charge on any atom is 0.477 e. The summed E-state index contributed by atoms with van der Waals surface area (Å²) in [4.78, 5) is 2.04. The van der Waals surface area contributed by atoms with Gasteiger partial charge in [0.1, 0.15) is 7.05 Å². The number of hydrogen-bond acceptors (Lipinski definition) is 1. The number of hydrogen-bond donors (Lipinski definition) is 2. The molecular formula is C6H10F3N2+. The van der Waals surface area contributed by atoms with Crippen molar-refractivity contribution >= 4 is 5.71 Å². The van der Waals surface area contributed by atoms with Crippen LogP contribution in [-0.2, 0) is 0 Å². The fraction of sp³-hybridized carbons (Fsp3) is 0.500. The van der Waals surface area contributed by atoms with Crippen molar-refractivity contribution in [1.29, 1.82) is 0 Å². The minimum atomic E-state index is -4.35. The van der Waals surface area contributed by atoms with Crippen molar-refractivity contribution < 1.29 is 18.2 Å². The first kappa shape index (κ1) is 10.0. The zero-order valence-electron chi connectivity index (χ0n) is 6.29. The van der Waals surface area contributed by atoms with Crippen molar-refractivity contribution in [2.24, 2.45) is 5.73 Å². The molecule has 0 radical (unpaired) electrons. The van der Waals surface area contributed by atoms with Gasteiger partial charge in [0.05, 0.1) is 0 Å². The van der Waals surface area contributed by atoms with Crippen molar-refractivity contribution in [3.63, 3.8) is 0 Å². The number of allylic oxidation sites excluding steroid dienone is 1. The molecule has 0 saturated heterocycles. The summed E-state index contributed by atoms with van der Waals surface area (Å²) < 4.78 is 35.9. The Bertz CT molecular complexity index is 190. The van der Waals surface area contributed by atoms with E-state index in [1.165, 1.54) is 14.0 Å². The standard InChI is InChI=1S/C6H9F3N2/c1-4(3-10)5(11-2)6(7,8)9/h3H,10H2,1-2H3/p+1. The van der Waals surface area contributed by atoms with E-state index in [1.54, 1.807) is 0 Å². The second-order valence-electron chi connectivity index (χ2n) is 1.97. The molecule has 0 aromatic carbocycles. The van der Waals surface area contributed by atoms with Crippen LogP contribution in [-0.4, -0.2) is 18.9 Å². The lowest BCUT2D eigenvalue weighted by Crippen LogP contribution is -2.72. The second-order valence-corrected chi connectivity index (χ2v) is 1.97. The first-order valence-electron chi connectivity index (χ1n) is 2.94. The number of nitrogens with one attached hydrogen (secondary N) is 1.